The molecule has 2 aliphatic rings. The average molecular weight is 556 g/mol. The summed E-state index contributed by atoms with van der Waals surface area (Å²) in [6.45, 7) is 0. The number of aryl methyl sites for hydroxylation is 1. The first-order valence-corrected chi connectivity index (χ1v) is 13.5. The Hall–Kier alpha value is -4.79. The minimum Gasteiger partial charge on any atom is -0.462 e. The second-order valence-corrected chi connectivity index (χ2v) is 10.2. The fourth-order valence-electron chi connectivity index (χ4n) is 5.40. The SMILES string of the molecule is O=C1C[C@@H]2[C@@H](/C=C/[C@H](CCc3ccccc3)OC(=O)c3ccccc3)[C@H](OC(=O)c3ccc([N+](=O)[O-])cc3)C[C@@H]2O1. The maximum atomic E-state index is 12.9. The lowest BCUT2D eigenvalue weighted by Gasteiger charge is -2.21. The topological polar surface area (TPSA) is 122 Å². The number of rotatable bonds is 10. The molecule has 1 saturated carbocycles. The van der Waals surface area contributed by atoms with Crippen molar-refractivity contribution in [3.63, 3.8) is 0 Å². The van der Waals surface area contributed by atoms with Gasteiger partial charge in [-0.05, 0) is 48.7 Å². The molecule has 9 heteroatoms. The lowest BCUT2D eigenvalue weighted by atomic mass is 9.91. The molecular formula is C32H29NO8. The normalized spacial score (nSPS) is 22.1. The molecule has 1 aliphatic heterocycles. The van der Waals surface area contributed by atoms with E-state index >= 15 is 0 Å². The summed E-state index contributed by atoms with van der Waals surface area (Å²) in [4.78, 5) is 48.3. The van der Waals surface area contributed by atoms with Crippen molar-refractivity contribution in [1.29, 1.82) is 0 Å². The molecule has 41 heavy (non-hydrogen) atoms. The Kier molecular flexibility index (Phi) is 8.53. The lowest BCUT2D eigenvalue weighted by molar-refractivity contribution is -0.384. The molecule has 3 aromatic rings. The number of nitro groups is 1. The van der Waals surface area contributed by atoms with Crippen LogP contribution in [0.15, 0.2) is 97.1 Å². The van der Waals surface area contributed by atoms with E-state index in [1.54, 1.807) is 24.3 Å². The summed E-state index contributed by atoms with van der Waals surface area (Å²) in [6, 6.07) is 23.8. The van der Waals surface area contributed by atoms with Gasteiger partial charge in [-0.25, -0.2) is 9.59 Å². The van der Waals surface area contributed by atoms with E-state index in [9.17, 15) is 24.5 Å². The molecule has 0 spiro atoms. The quantitative estimate of drug-likeness (QED) is 0.106. The molecule has 0 amide bonds. The van der Waals surface area contributed by atoms with Gasteiger partial charge < -0.3 is 14.2 Å². The second-order valence-electron chi connectivity index (χ2n) is 10.2. The zero-order chi connectivity index (χ0) is 28.8. The number of hydrogen-bond acceptors (Lipinski definition) is 8. The third-order valence-corrected chi connectivity index (χ3v) is 7.50. The molecule has 1 saturated heterocycles. The van der Waals surface area contributed by atoms with E-state index in [4.69, 9.17) is 14.2 Å². The Morgan fingerprint density at radius 2 is 1.61 bits per heavy atom. The smallest absolute Gasteiger partial charge is 0.338 e. The van der Waals surface area contributed by atoms with E-state index < -0.39 is 29.1 Å². The zero-order valence-corrected chi connectivity index (χ0v) is 22.2. The molecule has 0 N–H and O–H groups in total. The first kappa shape index (κ1) is 27.8. The number of nitrogens with zero attached hydrogens (tertiary/aromatic N) is 1. The molecule has 2 fully saturated rings. The van der Waals surface area contributed by atoms with Crippen molar-refractivity contribution in [2.75, 3.05) is 0 Å². The van der Waals surface area contributed by atoms with Crippen LogP contribution < -0.4 is 0 Å². The van der Waals surface area contributed by atoms with Gasteiger partial charge >= 0.3 is 17.9 Å². The van der Waals surface area contributed by atoms with Crippen molar-refractivity contribution in [1.82, 2.24) is 0 Å². The average Bonchev–Trinajstić information content (AvgIpc) is 3.50. The van der Waals surface area contributed by atoms with Crippen LogP contribution in [0.4, 0.5) is 5.69 Å². The summed E-state index contributed by atoms with van der Waals surface area (Å²) in [5.41, 5.74) is 1.60. The van der Waals surface area contributed by atoms with Gasteiger partial charge in [0.05, 0.1) is 22.5 Å². The van der Waals surface area contributed by atoms with E-state index in [0.29, 0.717) is 24.8 Å². The van der Waals surface area contributed by atoms with Crippen LogP contribution in [0.1, 0.15) is 45.5 Å². The molecule has 210 valence electrons. The Labute approximate surface area is 236 Å². The van der Waals surface area contributed by atoms with E-state index in [2.05, 4.69) is 0 Å². The van der Waals surface area contributed by atoms with Crippen molar-refractivity contribution in [2.24, 2.45) is 11.8 Å². The van der Waals surface area contributed by atoms with E-state index in [0.717, 1.165) is 5.56 Å². The monoisotopic (exact) mass is 555 g/mol. The van der Waals surface area contributed by atoms with Crippen molar-refractivity contribution in [3.05, 3.63) is 124 Å². The van der Waals surface area contributed by atoms with E-state index in [1.807, 2.05) is 48.6 Å². The standard InChI is InChI=1S/C32H29NO8/c34-30-19-27-26(28(20-29(27)40-30)41-32(36)23-12-14-24(15-13-23)33(37)38)18-17-25(16-11-21-7-3-1-4-8-21)39-31(35)22-9-5-2-6-10-22/h1-10,12-15,17-18,25-29H,11,16,19-20H2/b18-17+/t25-,26+,27+,28+,29-/m0/s1. The Morgan fingerprint density at radius 1 is 0.951 bits per heavy atom. The molecule has 0 bridgehead atoms. The maximum absolute atomic E-state index is 12.9. The molecule has 5 rings (SSSR count). The van der Waals surface area contributed by atoms with Gasteiger partial charge in [-0.3, -0.25) is 14.9 Å². The second kappa shape index (κ2) is 12.6. The van der Waals surface area contributed by atoms with Crippen molar-refractivity contribution in [2.45, 2.75) is 44.0 Å². The van der Waals surface area contributed by atoms with E-state index in [1.165, 1.54) is 24.3 Å². The van der Waals surface area contributed by atoms with Gasteiger partial charge in [0.15, 0.2) is 0 Å². The molecule has 9 nitrogen and oxygen atoms in total. The molecule has 1 heterocycles. The van der Waals surface area contributed by atoms with Gasteiger partial charge in [-0.15, -0.1) is 0 Å². The van der Waals surface area contributed by atoms with Crippen molar-refractivity contribution >= 4 is 23.6 Å². The van der Waals surface area contributed by atoms with Crippen LogP contribution in [0.3, 0.4) is 0 Å². The van der Waals surface area contributed by atoms with Gasteiger partial charge in [0, 0.05) is 30.4 Å². The van der Waals surface area contributed by atoms with E-state index in [-0.39, 0.29) is 41.6 Å². The highest BCUT2D eigenvalue weighted by molar-refractivity contribution is 5.90. The third-order valence-electron chi connectivity index (χ3n) is 7.50. The van der Waals surface area contributed by atoms with Gasteiger partial charge in [0.25, 0.3) is 5.69 Å². The minimum absolute atomic E-state index is 0.128. The fourth-order valence-corrected chi connectivity index (χ4v) is 5.40. The number of fused-ring (bicyclic) bond motifs is 1. The molecular weight excluding hydrogens is 526 g/mol. The van der Waals surface area contributed by atoms with Gasteiger partial charge in [-0.2, -0.15) is 0 Å². The molecule has 0 aromatic heterocycles. The molecule has 5 atom stereocenters. The number of esters is 3. The fraction of sp³-hybridized carbons (Fsp3) is 0.281. The van der Waals surface area contributed by atoms with Crippen molar-refractivity contribution in [3.8, 4) is 0 Å². The molecule has 0 unspecified atom stereocenters. The van der Waals surface area contributed by atoms with Gasteiger partial charge in [-0.1, -0.05) is 54.6 Å². The highest BCUT2D eigenvalue weighted by Crippen LogP contribution is 2.44. The molecule has 3 aromatic carbocycles. The largest absolute Gasteiger partial charge is 0.462 e. The number of carbonyl (C=O) groups excluding carboxylic acids is 3. The Balaban J connectivity index is 1.34. The van der Waals surface area contributed by atoms with Crippen molar-refractivity contribution < 1.29 is 33.5 Å². The lowest BCUT2D eigenvalue weighted by Crippen LogP contribution is -2.25. The number of ether oxygens (including phenoxy) is 3. The third kappa shape index (κ3) is 6.87. The van der Waals surface area contributed by atoms with Crippen LogP contribution in [-0.2, 0) is 25.4 Å². The van der Waals surface area contributed by atoms with Crippen LogP contribution in [0.5, 0.6) is 0 Å². The van der Waals surface area contributed by atoms with Gasteiger partial charge in [0.2, 0.25) is 0 Å². The maximum Gasteiger partial charge on any atom is 0.338 e. The summed E-state index contributed by atoms with van der Waals surface area (Å²) in [5, 5.41) is 11.0. The predicted molar refractivity (Wildman–Crippen MR) is 148 cm³/mol. The molecule has 1 aliphatic carbocycles. The summed E-state index contributed by atoms with van der Waals surface area (Å²) in [6.07, 6.45) is 3.88. The number of benzene rings is 3. The number of carbonyl (C=O) groups is 3. The number of hydrogen-bond donors (Lipinski definition) is 0. The van der Waals surface area contributed by atoms with Crippen LogP contribution >= 0.6 is 0 Å². The molecule has 0 radical (unpaired) electrons. The number of non-ortho nitro benzene ring substituents is 1. The van der Waals surface area contributed by atoms with Crippen LogP contribution in [-0.4, -0.2) is 41.1 Å². The summed E-state index contributed by atoms with van der Waals surface area (Å²) in [7, 11) is 0. The first-order valence-electron chi connectivity index (χ1n) is 13.5. The van der Waals surface area contributed by atoms with Crippen LogP contribution in [0.2, 0.25) is 0 Å². The van der Waals surface area contributed by atoms with Gasteiger partial charge in [0.1, 0.15) is 18.3 Å². The summed E-state index contributed by atoms with van der Waals surface area (Å²) in [5.74, 6) is -1.89. The summed E-state index contributed by atoms with van der Waals surface area (Å²) >= 11 is 0. The van der Waals surface area contributed by atoms with Crippen LogP contribution in [0, 0.1) is 22.0 Å². The van der Waals surface area contributed by atoms with Crippen LogP contribution in [0.25, 0.3) is 0 Å². The number of nitro benzene ring substituents is 1. The minimum atomic E-state index is -0.620. The summed E-state index contributed by atoms with van der Waals surface area (Å²) < 4.78 is 17.2. The Morgan fingerprint density at radius 3 is 2.29 bits per heavy atom. The first-order chi connectivity index (χ1) is 19.9. The Bertz CT molecular complexity index is 1420. The highest BCUT2D eigenvalue weighted by atomic mass is 16.6. The predicted octanol–water partition coefficient (Wildman–Crippen LogP) is 5.49. The zero-order valence-electron chi connectivity index (χ0n) is 22.2. The highest BCUT2D eigenvalue weighted by Gasteiger charge is 2.50.